The second-order valence-corrected chi connectivity index (χ2v) is 9.99. The highest BCUT2D eigenvalue weighted by Crippen LogP contribution is 2.37. The Hall–Kier alpha value is -4.02. The third-order valence-corrected chi connectivity index (χ3v) is 7.63. The van der Waals surface area contributed by atoms with Crippen LogP contribution >= 0.6 is 11.6 Å². The van der Waals surface area contributed by atoms with Gasteiger partial charge in [0.05, 0.1) is 31.9 Å². The molecule has 0 fully saturated rings. The lowest BCUT2D eigenvalue weighted by molar-refractivity contribution is 0.0600. The minimum Gasteiger partial charge on any atom is -0.496 e. The molecule has 0 bridgehead atoms. The Balaban J connectivity index is 2.01. The number of hydrogen-bond acceptors (Lipinski definition) is 8. The van der Waals surface area contributed by atoms with Gasteiger partial charge in [0.25, 0.3) is 15.9 Å². The van der Waals surface area contributed by atoms with Crippen molar-refractivity contribution in [2.24, 2.45) is 0 Å². The number of ether oxygens (including phenoxy) is 3. The van der Waals surface area contributed by atoms with Gasteiger partial charge in [0, 0.05) is 10.4 Å². The number of methoxy groups -OCH3 is 3. The van der Waals surface area contributed by atoms with Gasteiger partial charge in [0.1, 0.15) is 34.0 Å². The van der Waals surface area contributed by atoms with E-state index in [-0.39, 0.29) is 44.4 Å². The molecule has 0 aliphatic carbocycles. The summed E-state index contributed by atoms with van der Waals surface area (Å²) in [6.45, 7) is 1.58. The molecule has 9 nitrogen and oxygen atoms in total. The Morgan fingerprint density at radius 2 is 1.51 bits per heavy atom. The fourth-order valence-corrected chi connectivity index (χ4v) is 5.45. The predicted molar refractivity (Wildman–Crippen MR) is 137 cm³/mol. The molecule has 1 heterocycles. The summed E-state index contributed by atoms with van der Waals surface area (Å²) in [6, 6.07) is 14.3. The maximum atomic E-state index is 14.1. The summed E-state index contributed by atoms with van der Waals surface area (Å²) in [6.07, 6.45) is 0. The molecule has 0 aliphatic heterocycles. The van der Waals surface area contributed by atoms with Crippen LogP contribution in [0.1, 0.15) is 26.5 Å². The first-order chi connectivity index (χ1) is 17.6. The smallest absolute Gasteiger partial charge is 0.342 e. The Morgan fingerprint density at radius 1 is 0.892 bits per heavy atom. The van der Waals surface area contributed by atoms with E-state index < -0.39 is 21.9 Å². The summed E-state index contributed by atoms with van der Waals surface area (Å²) in [7, 11) is -0.573. The number of esters is 1. The minimum absolute atomic E-state index is 0.0497. The molecule has 0 saturated carbocycles. The summed E-state index contributed by atoms with van der Waals surface area (Å²) in [5.74, 6) is -1.11. The molecule has 37 heavy (non-hydrogen) atoms. The van der Waals surface area contributed by atoms with Gasteiger partial charge in [-0.1, -0.05) is 17.7 Å². The maximum absolute atomic E-state index is 14.1. The van der Waals surface area contributed by atoms with Crippen LogP contribution in [0.5, 0.6) is 11.5 Å². The summed E-state index contributed by atoms with van der Waals surface area (Å²) < 4.78 is 49.7. The lowest BCUT2D eigenvalue weighted by atomic mass is 10.1. The number of carbonyl (C=O) groups is 2. The highest BCUT2D eigenvalue weighted by atomic mass is 35.5. The summed E-state index contributed by atoms with van der Waals surface area (Å²) in [5, 5.41) is 0.596. The molecular formula is C26H22ClNO8S. The molecule has 11 heteroatoms. The number of furan rings is 1. The molecule has 0 unspecified atom stereocenters. The molecule has 0 spiro atoms. The van der Waals surface area contributed by atoms with Gasteiger partial charge in [-0.15, -0.1) is 0 Å². The van der Waals surface area contributed by atoms with Crippen molar-refractivity contribution in [3.8, 4) is 11.5 Å². The number of nitrogens with zero attached hydrogens (tertiary/aromatic N) is 1. The quantitative estimate of drug-likeness (QED) is 0.291. The maximum Gasteiger partial charge on any atom is 0.342 e. The molecular weight excluding hydrogens is 522 g/mol. The molecule has 0 N–H and O–H groups in total. The van der Waals surface area contributed by atoms with Gasteiger partial charge in [-0.25, -0.2) is 13.2 Å². The standard InChI is InChI=1S/C26H22ClNO8S/c1-15-23(26(30)35-4)19-14-17(10-13-20(19)36-15)28(37(31,32)18-11-8-16(27)9-12-18)25(29)24-21(33-2)6-5-7-22(24)34-3/h5-14H,1-4H3. The fraction of sp³-hybridized carbons (Fsp3) is 0.154. The van der Waals surface area contributed by atoms with Crippen LogP contribution in [0.4, 0.5) is 5.69 Å². The number of sulfonamides is 1. The third kappa shape index (κ3) is 4.61. The van der Waals surface area contributed by atoms with Crippen LogP contribution in [-0.4, -0.2) is 41.6 Å². The van der Waals surface area contributed by atoms with Gasteiger partial charge in [0.15, 0.2) is 0 Å². The van der Waals surface area contributed by atoms with E-state index in [1.807, 2.05) is 0 Å². The average Bonchev–Trinajstić information content (AvgIpc) is 3.22. The van der Waals surface area contributed by atoms with Gasteiger partial charge in [-0.05, 0) is 61.5 Å². The fourth-order valence-electron chi connectivity index (χ4n) is 3.93. The Labute approximate surface area is 218 Å². The van der Waals surface area contributed by atoms with Crippen molar-refractivity contribution in [1.29, 1.82) is 0 Å². The summed E-state index contributed by atoms with van der Waals surface area (Å²) in [5.41, 5.74) is 0.270. The first-order valence-corrected chi connectivity index (χ1v) is 12.6. The molecule has 192 valence electrons. The van der Waals surface area contributed by atoms with Gasteiger partial charge >= 0.3 is 5.97 Å². The SMILES string of the molecule is COC(=O)c1c(C)oc2ccc(N(C(=O)c3c(OC)cccc3OC)S(=O)(=O)c3ccc(Cl)cc3)cc12. The van der Waals surface area contributed by atoms with E-state index in [0.717, 1.165) is 0 Å². The van der Waals surface area contributed by atoms with Gasteiger partial charge < -0.3 is 18.6 Å². The van der Waals surface area contributed by atoms with Crippen LogP contribution in [0, 0.1) is 6.92 Å². The lowest BCUT2D eigenvalue weighted by Gasteiger charge is -2.24. The van der Waals surface area contributed by atoms with Crippen molar-refractivity contribution >= 4 is 50.2 Å². The van der Waals surface area contributed by atoms with Gasteiger partial charge in [-0.3, -0.25) is 4.79 Å². The number of amides is 1. The van der Waals surface area contributed by atoms with E-state index in [9.17, 15) is 18.0 Å². The second kappa shape index (κ2) is 10.2. The zero-order chi connectivity index (χ0) is 26.9. The van der Waals surface area contributed by atoms with Crippen molar-refractivity contribution in [2.75, 3.05) is 25.6 Å². The second-order valence-electron chi connectivity index (χ2n) is 7.77. The van der Waals surface area contributed by atoms with Crippen molar-refractivity contribution in [3.05, 3.63) is 82.6 Å². The summed E-state index contributed by atoms with van der Waals surface area (Å²) >= 11 is 5.96. The predicted octanol–water partition coefficient (Wildman–Crippen LogP) is 5.23. The highest BCUT2D eigenvalue weighted by Gasteiger charge is 2.36. The van der Waals surface area contributed by atoms with E-state index in [0.29, 0.717) is 14.9 Å². The van der Waals surface area contributed by atoms with Crippen molar-refractivity contribution in [3.63, 3.8) is 0 Å². The number of halogens is 1. The van der Waals surface area contributed by atoms with Gasteiger partial charge in [0.2, 0.25) is 0 Å². The van der Waals surface area contributed by atoms with E-state index in [2.05, 4.69) is 0 Å². The largest absolute Gasteiger partial charge is 0.496 e. The summed E-state index contributed by atoms with van der Waals surface area (Å²) in [4.78, 5) is 26.3. The van der Waals surface area contributed by atoms with Crippen LogP contribution < -0.4 is 13.8 Å². The number of fused-ring (bicyclic) bond motifs is 1. The van der Waals surface area contributed by atoms with Crippen LogP contribution in [0.3, 0.4) is 0 Å². The first kappa shape index (κ1) is 26.1. The van der Waals surface area contributed by atoms with Crippen LogP contribution in [-0.2, 0) is 14.8 Å². The molecule has 1 aromatic heterocycles. The molecule has 3 aromatic carbocycles. The molecule has 1 amide bonds. The minimum atomic E-state index is -4.50. The number of carbonyl (C=O) groups excluding carboxylic acids is 2. The average molecular weight is 544 g/mol. The molecule has 4 aromatic rings. The van der Waals surface area contributed by atoms with Crippen LogP contribution in [0.25, 0.3) is 11.0 Å². The number of rotatable bonds is 7. The van der Waals surface area contributed by atoms with E-state index in [4.69, 9.17) is 30.2 Å². The topological polar surface area (TPSA) is 112 Å². The Bertz CT molecular complexity index is 1590. The van der Waals surface area contributed by atoms with Crippen molar-refractivity contribution in [1.82, 2.24) is 0 Å². The third-order valence-electron chi connectivity index (χ3n) is 5.65. The molecule has 0 saturated heterocycles. The number of aryl methyl sites for hydroxylation is 1. The molecule has 0 atom stereocenters. The molecule has 0 aliphatic rings. The van der Waals surface area contributed by atoms with E-state index >= 15 is 0 Å². The first-order valence-electron chi connectivity index (χ1n) is 10.8. The zero-order valence-electron chi connectivity index (χ0n) is 20.3. The normalized spacial score (nSPS) is 11.3. The molecule has 4 rings (SSSR count). The van der Waals surface area contributed by atoms with Crippen molar-refractivity contribution in [2.45, 2.75) is 11.8 Å². The van der Waals surface area contributed by atoms with E-state index in [1.165, 1.54) is 75.9 Å². The van der Waals surface area contributed by atoms with Crippen LogP contribution in [0.15, 0.2) is 70.0 Å². The Morgan fingerprint density at radius 3 is 2.08 bits per heavy atom. The number of hydrogen-bond donors (Lipinski definition) is 0. The number of benzene rings is 3. The highest BCUT2D eigenvalue weighted by molar-refractivity contribution is 7.93. The number of anilines is 1. The lowest BCUT2D eigenvalue weighted by Crippen LogP contribution is -2.37. The molecule has 0 radical (unpaired) electrons. The van der Waals surface area contributed by atoms with E-state index in [1.54, 1.807) is 13.0 Å². The van der Waals surface area contributed by atoms with Gasteiger partial charge in [-0.2, -0.15) is 4.31 Å². The van der Waals surface area contributed by atoms with Crippen LogP contribution in [0.2, 0.25) is 5.02 Å². The van der Waals surface area contributed by atoms with Crippen molar-refractivity contribution < 1.29 is 36.6 Å². The Kier molecular flexibility index (Phi) is 7.15. The monoisotopic (exact) mass is 543 g/mol. The zero-order valence-corrected chi connectivity index (χ0v) is 21.8.